The van der Waals surface area contributed by atoms with E-state index in [1.165, 1.54) is 17.8 Å². The zero-order chi connectivity index (χ0) is 9.26. The summed E-state index contributed by atoms with van der Waals surface area (Å²) in [6, 6.07) is 0.397. The van der Waals surface area contributed by atoms with Gasteiger partial charge in [-0.15, -0.1) is 11.3 Å². The number of amides is 1. The maximum absolute atomic E-state index is 11.5. The Balaban J connectivity index is 1.96. The summed E-state index contributed by atoms with van der Waals surface area (Å²) in [5.41, 5.74) is 0. The average Bonchev–Trinajstić information content (AvgIpc) is 2.44. The highest BCUT2D eigenvalue weighted by Crippen LogP contribution is 2.21. The van der Waals surface area contributed by atoms with Crippen LogP contribution in [0.1, 0.15) is 28.9 Å². The quantitative estimate of drug-likeness (QED) is 0.886. The fourth-order valence-corrected chi connectivity index (χ4v) is 2.34. The summed E-state index contributed by atoms with van der Waals surface area (Å²) in [7, 11) is 0. The third kappa shape index (κ3) is 2.08. The van der Waals surface area contributed by atoms with Gasteiger partial charge in [0.25, 0.3) is 5.91 Å². The molecule has 0 aromatic carbocycles. The Morgan fingerprint density at radius 2 is 2.46 bits per heavy atom. The van der Waals surface area contributed by atoms with E-state index < -0.39 is 0 Å². The van der Waals surface area contributed by atoms with Gasteiger partial charge >= 0.3 is 0 Å². The standard InChI is InChI=1S/C8H9BrN2OS/c9-8-10-4-6(13-8)7(12)11-5-2-1-3-5/h4-5H,1-3H2,(H,11,12). The zero-order valence-electron chi connectivity index (χ0n) is 6.92. The second-order valence-corrected chi connectivity index (χ2v) is 5.39. The average molecular weight is 261 g/mol. The summed E-state index contributed by atoms with van der Waals surface area (Å²) < 4.78 is 0.756. The second kappa shape index (κ2) is 3.75. The van der Waals surface area contributed by atoms with Crippen LogP contribution in [0, 0.1) is 0 Å². The van der Waals surface area contributed by atoms with Gasteiger partial charge in [0.15, 0.2) is 3.92 Å². The molecular weight excluding hydrogens is 252 g/mol. The minimum Gasteiger partial charge on any atom is -0.349 e. The van der Waals surface area contributed by atoms with Gasteiger partial charge in [-0.1, -0.05) is 0 Å². The third-order valence-corrected chi connectivity index (χ3v) is 3.62. The lowest BCUT2D eigenvalue weighted by atomic mass is 9.93. The first-order chi connectivity index (χ1) is 6.25. The Bertz CT molecular complexity index is 322. The zero-order valence-corrected chi connectivity index (χ0v) is 9.32. The molecular formula is C8H9BrN2OS. The van der Waals surface area contributed by atoms with Gasteiger partial charge in [0.05, 0.1) is 6.20 Å². The molecule has 3 nitrogen and oxygen atoms in total. The summed E-state index contributed by atoms with van der Waals surface area (Å²) in [6.07, 6.45) is 5.07. The van der Waals surface area contributed by atoms with E-state index in [2.05, 4.69) is 26.2 Å². The van der Waals surface area contributed by atoms with E-state index in [9.17, 15) is 4.79 Å². The van der Waals surface area contributed by atoms with Crippen LogP contribution < -0.4 is 5.32 Å². The van der Waals surface area contributed by atoms with Gasteiger partial charge in [0, 0.05) is 6.04 Å². The van der Waals surface area contributed by atoms with Crippen LogP contribution in [-0.2, 0) is 0 Å². The lowest BCUT2D eigenvalue weighted by Gasteiger charge is -2.25. The van der Waals surface area contributed by atoms with E-state index >= 15 is 0 Å². The molecule has 0 radical (unpaired) electrons. The van der Waals surface area contributed by atoms with Crippen molar-refractivity contribution in [2.45, 2.75) is 25.3 Å². The smallest absolute Gasteiger partial charge is 0.263 e. The van der Waals surface area contributed by atoms with Crippen molar-refractivity contribution in [1.82, 2.24) is 10.3 Å². The number of rotatable bonds is 2. The molecule has 1 fully saturated rings. The fourth-order valence-electron chi connectivity index (χ4n) is 1.17. The van der Waals surface area contributed by atoms with Crippen molar-refractivity contribution < 1.29 is 4.79 Å². The molecule has 1 aliphatic carbocycles. The topological polar surface area (TPSA) is 42.0 Å². The van der Waals surface area contributed by atoms with Gasteiger partial charge < -0.3 is 5.32 Å². The minimum absolute atomic E-state index is 0.00731. The van der Waals surface area contributed by atoms with Crippen molar-refractivity contribution in [2.24, 2.45) is 0 Å². The van der Waals surface area contributed by atoms with Crippen LogP contribution >= 0.6 is 27.3 Å². The first-order valence-electron chi connectivity index (χ1n) is 4.18. The monoisotopic (exact) mass is 260 g/mol. The number of carbonyl (C=O) groups is 1. The van der Waals surface area contributed by atoms with Gasteiger partial charge in [-0.25, -0.2) is 4.98 Å². The molecule has 13 heavy (non-hydrogen) atoms. The van der Waals surface area contributed by atoms with Crippen LogP contribution in [0.4, 0.5) is 0 Å². The van der Waals surface area contributed by atoms with E-state index in [4.69, 9.17) is 0 Å². The van der Waals surface area contributed by atoms with Crippen molar-refractivity contribution in [3.05, 3.63) is 15.0 Å². The van der Waals surface area contributed by atoms with Crippen molar-refractivity contribution in [3.8, 4) is 0 Å². The normalized spacial score (nSPS) is 16.7. The summed E-state index contributed by atoms with van der Waals surface area (Å²) in [5.74, 6) is 0.00731. The van der Waals surface area contributed by atoms with Gasteiger partial charge in [0.2, 0.25) is 0 Å². The Kier molecular flexibility index (Phi) is 2.64. The van der Waals surface area contributed by atoms with Gasteiger partial charge in [-0.2, -0.15) is 0 Å². The van der Waals surface area contributed by atoms with Crippen molar-refractivity contribution >= 4 is 33.2 Å². The number of thiazole rings is 1. The molecule has 5 heteroatoms. The molecule has 0 saturated heterocycles. The largest absolute Gasteiger partial charge is 0.349 e. The summed E-state index contributed by atoms with van der Waals surface area (Å²) in [6.45, 7) is 0. The molecule has 1 aliphatic rings. The van der Waals surface area contributed by atoms with E-state index in [1.54, 1.807) is 6.20 Å². The Hall–Kier alpha value is -0.420. The van der Waals surface area contributed by atoms with Crippen molar-refractivity contribution in [1.29, 1.82) is 0 Å². The molecule has 0 aliphatic heterocycles. The molecule has 0 bridgehead atoms. The molecule has 1 aromatic rings. The molecule has 1 N–H and O–H groups in total. The maximum atomic E-state index is 11.5. The molecule has 1 saturated carbocycles. The Morgan fingerprint density at radius 3 is 2.92 bits per heavy atom. The van der Waals surface area contributed by atoms with Gasteiger partial charge in [0.1, 0.15) is 4.88 Å². The summed E-state index contributed by atoms with van der Waals surface area (Å²) in [4.78, 5) is 16.1. The summed E-state index contributed by atoms with van der Waals surface area (Å²) in [5, 5.41) is 2.96. The number of nitrogens with one attached hydrogen (secondary N) is 1. The lowest BCUT2D eigenvalue weighted by molar-refractivity contribution is 0.0921. The highest BCUT2D eigenvalue weighted by atomic mass is 79.9. The number of hydrogen-bond acceptors (Lipinski definition) is 3. The SMILES string of the molecule is O=C(NC1CCC1)c1cnc(Br)s1. The first kappa shape index (κ1) is 9.15. The van der Waals surface area contributed by atoms with Crippen LogP contribution in [-0.4, -0.2) is 16.9 Å². The van der Waals surface area contributed by atoms with E-state index in [0.29, 0.717) is 10.9 Å². The Morgan fingerprint density at radius 1 is 1.69 bits per heavy atom. The van der Waals surface area contributed by atoms with E-state index in [1.807, 2.05) is 0 Å². The van der Waals surface area contributed by atoms with Crippen LogP contribution in [0.25, 0.3) is 0 Å². The number of halogens is 1. The third-order valence-electron chi connectivity index (χ3n) is 2.14. The minimum atomic E-state index is 0.00731. The van der Waals surface area contributed by atoms with Gasteiger partial charge in [-0.05, 0) is 35.2 Å². The molecule has 2 rings (SSSR count). The van der Waals surface area contributed by atoms with Crippen molar-refractivity contribution in [2.75, 3.05) is 0 Å². The number of nitrogens with zero attached hydrogens (tertiary/aromatic N) is 1. The lowest BCUT2D eigenvalue weighted by Crippen LogP contribution is -2.39. The molecule has 0 atom stereocenters. The molecule has 0 spiro atoms. The highest BCUT2D eigenvalue weighted by molar-refractivity contribution is 9.11. The molecule has 1 amide bonds. The maximum Gasteiger partial charge on any atom is 0.263 e. The first-order valence-corrected chi connectivity index (χ1v) is 5.79. The second-order valence-electron chi connectivity index (χ2n) is 3.08. The van der Waals surface area contributed by atoms with Crippen molar-refractivity contribution in [3.63, 3.8) is 0 Å². The molecule has 1 heterocycles. The molecule has 0 unspecified atom stereocenters. The fraction of sp³-hybridized carbons (Fsp3) is 0.500. The molecule has 1 aromatic heterocycles. The number of carbonyl (C=O) groups excluding carboxylic acids is 1. The van der Waals surface area contributed by atoms with Crippen LogP contribution in [0.5, 0.6) is 0 Å². The predicted octanol–water partition coefficient (Wildman–Crippen LogP) is 2.19. The predicted molar refractivity (Wildman–Crippen MR) is 54.9 cm³/mol. The Labute approximate surface area is 88.7 Å². The van der Waals surface area contributed by atoms with E-state index in [0.717, 1.165) is 16.8 Å². The van der Waals surface area contributed by atoms with Crippen LogP contribution in [0.15, 0.2) is 10.1 Å². The summed E-state index contributed by atoms with van der Waals surface area (Å²) >= 11 is 4.59. The number of hydrogen-bond donors (Lipinski definition) is 1. The van der Waals surface area contributed by atoms with E-state index in [-0.39, 0.29) is 5.91 Å². The highest BCUT2D eigenvalue weighted by Gasteiger charge is 2.20. The molecule has 70 valence electrons. The van der Waals surface area contributed by atoms with Crippen LogP contribution in [0.3, 0.4) is 0 Å². The number of aromatic nitrogens is 1. The van der Waals surface area contributed by atoms with Gasteiger partial charge in [-0.3, -0.25) is 4.79 Å². The van der Waals surface area contributed by atoms with Crippen LogP contribution in [0.2, 0.25) is 0 Å².